The van der Waals surface area contributed by atoms with Crippen molar-refractivity contribution < 1.29 is 19.1 Å². The molecule has 2 aliphatic rings. The van der Waals surface area contributed by atoms with Crippen LogP contribution in [0.1, 0.15) is 53.4 Å². The Bertz CT molecular complexity index is 438. The smallest absolute Gasteiger partial charge is 0.410 e. The second kappa shape index (κ2) is 7.41. The van der Waals surface area contributed by atoms with Gasteiger partial charge in [-0.2, -0.15) is 9.59 Å². The molecule has 1 fully saturated rings. The topological polar surface area (TPSA) is 63.7 Å². The zero-order chi connectivity index (χ0) is 16.0. The Morgan fingerprint density at radius 3 is 2.33 bits per heavy atom. The number of rotatable bonds is 2. The highest BCUT2D eigenvalue weighted by Gasteiger charge is 2.33. The summed E-state index contributed by atoms with van der Waals surface area (Å²) >= 11 is 0. The highest BCUT2D eigenvalue weighted by molar-refractivity contribution is 5.69. The summed E-state index contributed by atoms with van der Waals surface area (Å²) in [5.41, 5.74) is 2.71. The quantitative estimate of drug-likeness (QED) is 0.734. The van der Waals surface area contributed by atoms with E-state index in [1.165, 1.54) is 18.4 Å². The van der Waals surface area contributed by atoms with Crippen molar-refractivity contribution in [3.8, 4) is 0 Å². The molecule has 1 aliphatic carbocycles. The fraction of sp³-hybridized carbons (Fsp3) is 0.750. The second-order valence-corrected chi connectivity index (χ2v) is 6.49. The lowest BCUT2D eigenvalue weighted by molar-refractivity contribution is -0.191. The third-order valence-corrected chi connectivity index (χ3v) is 3.65. The van der Waals surface area contributed by atoms with Crippen molar-refractivity contribution in [1.82, 2.24) is 4.90 Å². The first-order chi connectivity index (χ1) is 9.82. The van der Waals surface area contributed by atoms with Crippen molar-refractivity contribution in [2.75, 3.05) is 13.1 Å². The summed E-state index contributed by atoms with van der Waals surface area (Å²) in [6.45, 7) is 9.59. The Morgan fingerprint density at radius 1 is 1.33 bits per heavy atom. The van der Waals surface area contributed by atoms with Crippen LogP contribution in [0.2, 0.25) is 0 Å². The Hall–Kier alpha value is -1.61. The molecule has 0 aromatic rings. The lowest BCUT2D eigenvalue weighted by Gasteiger charge is -2.32. The van der Waals surface area contributed by atoms with E-state index < -0.39 is 5.60 Å². The van der Waals surface area contributed by atoms with Crippen LogP contribution in [0.4, 0.5) is 4.79 Å². The predicted octanol–water partition coefficient (Wildman–Crippen LogP) is 3.16. The Balaban J connectivity index is 0.000000677. The van der Waals surface area contributed by atoms with Crippen molar-refractivity contribution in [3.05, 3.63) is 11.1 Å². The molecule has 118 valence electrons. The molecular weight excluding hydrogens is 270 g/mol. The summed E-state index contributed by atoms with van der Waals surface area (Å²) in [6, 6.07) is 0. The molecule has 1 saturated carbocycles. The van der Waals surface area contributed by atoms with E-state index in [1.54, 1.807) is 5.57 Å². The SMILES string of the molecule is CCC1=C(C2CC2)CN(C(=O)OC(C)(C)C)CC1.O=C=O. The van der Waals surface area contributed by atoms with Gasteiger partial charge in [0.25, 0.3) is 0 Å². The minimum atomic E-state index is -0.397. The lowest BCUT2D eigenvalue weighted by atomic mass is 9.95. The molecule has 0 spiro atoms. The predicted molar refractivity (Wildman–Crippen MR) is 77.5 cm³/mol. The van der Waals surface area contributed by atoms with Gasteiger partial charge in [-0.25, -0.2) is 4.79 Å². The van der Waals surface area contributed by atoms with Crippen LogP contribution in [-0.4, -0.2) is 35.8 Å². The molecule has 5 heteroatoms. The van der Waals surface area contributed by atoms with Gasteiger partial charge in [-0.3, -0.25) is 0 Å². The average Bonchev–Trinajstić information content (AvgIpc) is 3.21. The number of hydrogen-bond acceptors (Lipinski definition) is 4. The Kier molecular flexibility index (Phi) is 6.16. The van der Waals surface area contributed by atoms with Crippen molar-refractivity contribution >= 4 is 12.2 Å². The van der Waals surface area contributed by atoms with Gasteiger partial charge in [0.2, 0.25) is 0 Å². The first kappa shape index (κ1) is 17.4. The fourth-order valence-electron chi connectivity index (χ4n) is 2.56. The fourth-order valence-corrected chi connectivity index (χ4v) is 2.56. The third kappa shape index (κ3) is 5.72. The van der Waals surface area contributed by atoms with E-state index in [9.17, 15) is 4.79 Å². The molecule has 0 saturated heterocycles. The van der Waals surface area contributed by atoms with Crippen molar-refractivity contribution in [3.63, 3.8) is 0 Å². The number of carbonyl (C=O) groups excluding carboxylic acids is 3. The maximum atomic E-state index is 12.1. The van der Waals surface area contributed by atoms with Crippen LogP contribution in [-0.2, 0) is 14.3 Å². The summed E-state index contributed by atoms with van der Waals surface area (Å²) in [5.74, 6) is 0.755. The number of nitrogens with zero attached hydrogens (tertiary/aromatic N) is 1. The zero-order valence-corrected chi connectivity index (χ0v) is 13.4. The molecule has 1 heterocycles. The largest absolute Gasteiger partial charge is 0.444 e. The van der Waals surface area contributed by atoms with Crippen molar-refractivity contribution in [1.29, 1.82) is 0 Å². The molecule has 0 unspecified atom stereocenters. The van der Waals surface area contributed by atoms with Gasteiger partial charge in [0.05, 0.1) is 0 Å². The van der Waals surface area contributed by atoms with Crippen LogP contribution < -0.4 is 0 Å². The van der Waals surface area contributed by atoms with E-state index in [-0.39, 0.29) is 12.2 Å². The number of hydrogen-bond donors (Lipinski definition) is 0. The maximum Gasteiger partial charge on any atom is 0.410 e. The van der Waals surface area contributed by atoms with Crippen molar-refractivity contribution in [2.45, 2.75) is 59.0 Å². The van der Waals surface area contributed by atoms with Gasteiger partial charge in [-0.05, 0) is 57.9 Å². The number of carbonyl (C=O) groups is 1. The molecule has 0 aromatic carbocycles. The standard InChI is InChI=1S/C15H25NO2.CO2/c1-5-11-8-9-16(10-13(11)12-6-7-12)14(17)18-15(2,3)4;2-1-3/h12H,5-10H2,1-4H3;. The molecule has 0 bridgehead atoms. The lowest BCUT2D eigenvalue weighted by Crippen LogP contribution is -2.41. The third-order valence-electron chi connectivity index (χ3n) is 3.65. The molecular formula is C16H25NO4. The molecule has 0 atom stereocenters. The van der Waals surface area contributed by atoms with E-state index in [2.05, 4.69) is 6.92 Å². The second-order valence-electron chi connectivity index (χ2n) is 6.49. The molecule has 21 heavy (non-hydrogen) atoms. The highest BCUT2D eigenvalue weighted by atomic mass is 16.6. The Morgan fingerprint density at radius 2 is 1.90 bits per heavy atom. The summed E-state index contributed by atoms with van der Waals surface area (Å²) in [5, 5.41) is 0. The first-order valence-electron chi connectivity index (χ1n) is 7.50. The first-order valence-corrected chi connectivity index (χ1v) is 7.50. The van der Waals surface area contributed by atoms with Crippen LogP contribution in [0.3, 0.4) is 0 Å². The van der Waals surface area contributed by atoms with Gasteiger partial charge < -0.3 is 9.64 Å². The maximum absolute atomic E-state index is 12.1. The van der Waals surface area contributed by atoms with E-state index >= 15 is 0 Å². The van der Waals surface area contributed by atoms with Crippen LogP contribution in [0.5, 0.6) is 0 Å². The van der Waals surface area contributed by atoms with E-state index in [0.29, 0.717) is 0 Å². The molecule has 0 radical (unpaired) electrons. The van der Waals surface area contributed by atoms with Gasteiger partial charge >= 0.3 is 12.2 Å². The summed E-state index contributed by atoms with van der Waals surface area (Å²) < 4.78 is 5.46. The van der Waals surface area contributed by atoms with Gasteiger partial charge in [-0.1, -0.05) is 12.5 Å². The van der Waals surface area contributed by atoms with E-state index in [0.717, 1.165) is 31.8 Å². The van der Waals surface area contributed by atoms with Crippen LogP contribution in [0, 0.1) is 5.92 Å². The minimum absolute atomic E-state index is 0.157. The van der Waals surface area contributed by atoms with Crippen LogP contribution in [0.25, 0.3) is 0 Å². The van der Waals surface area contributed by atoms with E-state index in [1.807, 2.05) is 25.7 Å². The van der Waals surface area contributed by atoms with Gasteiger partial charge in [0.15, 0.2) is 0 Å². The molecule has 5 nitrogen and oxygen atoms in total. The molecule has 2 rings (SSSR count). The van der Waals surface area contributed by atoms with E-state index in [4.69, 9.17) is 14.3 Å². The summed E-state index contributed by atoms with van der Waals surface area (Å²) in [7, 11) is 0. The van der Waals surface area contributed by atoms with Gasteiger partial charge in [-0.15, -0.1) is 0 Å². The van der Waals surface area contributed by atoms with Gasteiger partial charge in [0.1, 0.15) is 5.60 Å². The van der Waals surface area contributed by atoms with Gasteiger partial charge in [0, 0.05) is 13.1 Å². The van der Waals surface area contributed by atoms with Crippen LogP contribution >= 0.6 is 0 Å². The van der Waals surface area contributed by atoms with Crippen molar-refractivity contribution in [2.24, 2.45) is 5.92 Å². The summed E-state index contributed by atoms with van der Waals surface area (Å²) in [4.78, 5) is 30.2. The molecule has 1 aliphatic heterocycles. The number of amides is 1. The highest BCUT2D eigenvalue weighted by Crippen LogP contribution is 2.41. The molecule has 0 aromatic heterocycles. The molecule has 1 amide bonds. The Labute approximate surface area is 126 Å². The number of ether oxygens (including phenoxy) is 1. The normalized spacial score (nSPS) is 18.6. The average molecular weight is 295 g/mol. The summed E-state index contributed by atoms with van der Waals surface area (Å²) in [6.07, 6.45) is 4.87. The zero-order valence-electron chi connectivity index (χ0n) is 13.4. The van der Waals surface area contributed by atoms with Crippen LogP contribution in [0.15, 0.2) is 11.1 Å². The minimum Gasteiger partial charge on any atom is -0.444 e. The monoisotopic (exact) mass is 295 g/mol. The molecule has 0 N–H and O–H groups in total.